The molecule has 0 amide bonds. The average molecular weight is 260 g/mol. The standard InChI is InChI=1S/C15H20N2O2/c1-11(5-4-10-18)17-15-13-6-3-7-14(19-2)12(13)8-9-16-15/h3,6-9,11,18H,4-5,10H2,1-2H3,(H,16,17). The molecule has 1 heterocycles. The van der Waals surface area contributed by atoms with E-state index in [0.29, 0.717) is 0 Å². The lowest BCUT2D eigenvalue weighted by molar-refractivity contribution is 0.282. The first kappa shape index (κ1) is 13.6. The predicted octanol–water partition coefficient (Wildman–Crippen LogP) is 2.82. The van der Waals surface area contributed by atoms with Gasteiger partial charge in [0.05, 0.1) is 7.11 Å². The molecule has 4 heteroatoms. The molecule has 1 unspecified atom stereocenters. The van der Waals surface area contributed by atoms with Crippen LogP contribution in [-0.4, -0.2) is 29.8 Å². The van der Waals surface area contributed by atoms with Crippen molar-refractivity contribution in [1.82, 2.24) is 4.98 Å². The van der Waals surface area contributed by atoms with Gasteiger partial charge in [-0.2, -0.15) is 0 Å². The minimum atomic E-state index is 0.225. The molecule has 0 saturated carbocycles. The second-order valence-electron chi connectivity index (χ2n) is 4.63. The molecule has 102 valence electrons. The number of aromatic nitrogens is 1. The van der Waals surface area contributed by atoms with Crippen LogP contribution < -0.4 is 10.1 Å². The van der Waals surface area contributed by atoms with Gasteiger partial charge in [-0.3, -0.25) is 0 Å². The van der Waals surface area contributed by atoms with Crippen molar-refractivity contribution >= 4 is 16.6 Å². The summed E-state index contributed by atoms with van der Waals surface area (Å²) in [5.41, 5.74) is 0. The van der Waals surface area contributed by atoms with Gasteiger partial charge in [-0.15, -0.1) is 0 Å². The van der Waals surface area contributed by atoms with Crippen molar-refractivity contribution in [3.8, 4) is 5.75 Å². The van der Waals surface area contributed by atoms with Crippen molar-refractivity contribution in [2.45, 2.75) is 25.8 Å². The van der Waals surface area contributed by atoms with E-state index in [1.165, 1.54) is 0 Å². The number of nitrogens with zero attached hydrogens (tertiary/aromatic N) is 1. The number of pyridine rings is 1. The van der Waals surface area contributed by atoms with E-state index in [9.17, 15) is 0 Å². The normalized spacial score (nSPS) is 12.4. The van der Waals surface area contributed by atoms with Gasteiger partial charge in [0.2, 0.25) is 0 Å². The maximum atomic E-state index is 8.86. The van der Waals surface area contributed by atoms with E-state index < -0.39 is 0 Å². The largest absolute Gasteiger partial charge is 0.496 e. The maximum absolute atomic E-state index is 8.86. The molecule has 19 heavy (non-hydrogen) atoms. The van der Waals surface area contributed by atoms with Crippen molar-refractivity contribution in [1.29, 1.82) is 0 Å². The van der Waals surface area contributed by atoms with E-state index in [-0.39, 0.29) is 12.6 Å². The zero-order chi connectivity index (χ0) is 13.7. The summed E-state index contributed by atoms with van der Waals surface area (Å²) in [5.74, 6) is 1.72. The predicted molar refractivity (Wildman–Crippen MR) is 77.7 cm³/mol. The monoisotopic (exact) mass is 260 g/mol. The molecule has 1 atom stereocenters. The SMILES string of the molecule is COc1cccc2c(NC(C)CCCO)nccc12. The quantitative estimate of drug-likeness (QED) is 0.838. The number of hydrogen-bond donors (Lipinski definition) is 2. The lowest BCUT2D eigenvalue weighted by Crippen LogP contribution is -2.16. The third-order valence-corrected chi connectivity index (χ3v) is 3.16. The zero-order valence-electron chi connectivity index (χ0n) is 11.4. The Kier molecular flexibility index (Phi) is 4.58. The van der Waals surface area contributed by atoms with Crippen LogP contribution in [0.2, 0.25) is 0 Å². The molecule has 2 N–H and O–H groups in total. The molecule has 0 radical (unpaired) electrons. The van der Waals surface area contributed by atoms with Crippen molar-refractivity contribution < 1.29 is 9.84 Å². The Morgan fingerprint density at radius 2 is 2.16 bits per heavy atom. The molecule has 4 nitrogen and oxygen atoms in total. The smallest absolute Gasteiger partial charge is 0.134 e. The number of methoxy groups -OCH3 is 1. The highest BCUT2D eigenvalue weighted by atomic mass is 16.5. The van der Waals surface area contributed by atoms with Gasteiger partial charge in [0.15, 0.2) is 0 Å². The third kappa shape index (κ3) is 3.15. The van der Waals surface area contributed by atoms with Gasteiger partial charge in [0, 0.05) is 29.6 Å². The van der Waals surface area contributed by atoms with Crippen molar-refractivity contribution in [2.24, 2.45) is 0 Å². The Balaban J connectivity index is 2.28. The molecule has 0 spiro atoms. The summed E-state index contributed by atoms with van der Waals surface area (Å²) in [6, 6.07) is 8.17. The third-order valence-electron chi connectivity index (χ3n) is 3.16. The van der Waals surface area contributed by atoms with Gasteiger partial charge >= 0.3 is 0 Å². The van der Waals surface area contributed by atoms with Crippen LogP contribution >= 0.6 is 0 Å². The molecule has 2 aromatic rings. The number of aliphatic hydroxyl groups is 1. The topological polar surface area (TPSA) is 54.4 Å². The van der Waals surface area contributed by atoms with Gasteiger partial charge in [0.1, 0.15) is 11.6 Å². The molecular weight excluding hydrogens is 240 g/mol. The summed E-state index contributed by atoms with van der Waals surface area (Å²) in [7, 11) is 1.67. The highest BCUT2D eigenvalue weighted by molar-refractivity contribution is 5.95. The molecule has 1 aromatic carbocycles. The number of anilines is 1. The van der Waals surface area contributed by atoms with Crippen LogP contribution in [0.3, 0.4) is 0 Å². The lowest BCUT2D eigenvalue weighted by Gasteiger charge is -2.16. The Morgan fingerprint density at radius 1 is 1.32 bits per heavy atom. The van der Waals surface area contributed by atoms with Gasteiger partial charge in [0.25, 0.3) is 0 Å². The van der Waals surface area contributed by atoms with E-state index in [4.69, 9.17) is 9.84 Å². The fourth-order valence-electron chi connectivity index (χ4n) is 2.17. The number of hydrogen-bond acceptors (Lipinski definition) is 4. The summed E-state index contributed by atoms with van der Waals surface area (Å²) in [4.78, 5) is 4.40. The second-order valence-corrected chi connectivity index (χ2v) is 4.63. The summed E-state index contributed by atoms with van der Waals surface area (Å²) in [5, 5.41) is 14.4. The van der Waals surface area contributed by atoms with E-state index >= 15 is 0 Å². The molecule has 0 aliphatic heterocycles. The van der Waals surface area contributed by atoms with Crippen LogP contribution in [0.4, 0.5) is 5.82 Å². The molecule has 0 aliphatic rings. The maximum Gasteiger partial charge on any atom is 0.134 e. The highest BCUT2D eigenvalue weighted by Crippen LogP contribution is 2.29. The van der Waals surface area contributed by atoms with Gasteiger partial charge in [-0.25, -0.2) is 4.98 Å². The lowest BCUT2D eigenvalue weighted by atomic mass is 10.1. The number of fused-ring (bicyclic) bond motifs is 1. The number of aliphatic hydroxyl groups excluding tert-OH is 1. The highest BCUT2D eigenvalue weighted by Gasteiger charge is 2.08. The molecule has 0 fully saturated rings. The average Bonchev–Trinajstić information content (AvgIpc) is 2.45. The van der Waals surface area contributed by atoms with Crippen molar-refractivity contribution in [3.63, 3.8) is 0 Å². The minimum absolute atomic E-state index is 0.225. The van der Waals surface area contributed by atoms with Crippen LogP contribution in [-0.2, 0) is 0 Å². The minimum Gasteiger partial charge on any atom is -0.496 e. The Bertz CT molecular complexity index is 543. The number of benzene rings is 1. The molecular formula is C15H20N2O2. The Hall–Kier alpha value is -1.81. The molecule has 2 rings (SSSR count). The van der Waals surface area contributed by atoms with Gasteiger partial charge in [-0.1, -0.05) is 12.1 Å². The Labute approximate surface area is 113 Å². The summed E-state index contributed by atoms with van der Waals surface area (Å²) < 4.78 is 5.36. The van der Waals surface area contributed by atoms with Crippen LogP contribution in [0, 0.1) is 0 Å². The molecule has 0 saturated heterocycles. The first-order valence-electron chi connectivity index (χ1n) is 6.55. The van der Waals surface area contributed by atoms with Crippen LogP contribution in [0.1, 0.15) is 19.8 Å². The first-order valence-corrected chi connectivity index (χ1v) is 6.55. The van der Waals surface area contributed by atoms with Crippen LogP contribution in [0.25, 0.3) is 10.8 Å². The summed E-state index contributed by atoms with van der Waals surface area (Å²) >= 11 is 0. The van der Waals surface area contributed by atoms with Crippen LogP contribution in [0.15, 0.2) is 30.5 Å². The second kappa shape index (κ2) is 6.38. The zero-order valence-corrected chi connectivity index (χ0v) is 11.4. The van der Waals surface area contributed by atoms with Gasteiger partial charge < -0.3 is 15.2 Å². The molecule has 0 bridgehead atoms. The van der Waals surface area contributed by atoms with Crippen molar-refractivity contribution in [2.75, 3.05) is 19.0 Å². The van der Waals surface area contributed by atoms with Gasteiger partial charge in [-0.05, 0) is 31.9 Å². The number of rotatable bonds is 6. The van der Waals surface area contributed by atoms with Crippen LogP contribution in [0.5, 0.6) is 5.75 Å². The Morgan fingerprint density at radius 3 is 2.89 bits per heavy atom. The van der Waals surface area contributed by atoms with E-state index in [1.54, 1.807) is 13.3 Å². The molecule has 1 aromatic heterocycles. The number of ether oxygens (including phenoxy) is 1. The van der Waals surface area contributed by atoms with E-state index in [1.807, 2.05) is 24.3 Å². The van der Waals surface area contributed by atoms with E-state index in [2.05, 4.69) is 17.2 Å². The number of nitrogens with one attached hydrogen (secondary N) is 1. The molecule has 0 aliphatic carbocycles. The fraction of sp³-hybridized carbons (Fsp3) is 0.400. The first-order chi connectivity index (χ1) is 9.26. The van der Waals surface area contributed by atoms with E-state index in [0.717, 1.165) is 35.2 Å². The van der Waals surface area contributed by atoms with Crippen molar-refractivity contribution in [3.05, 3.63) is 30.5 Å². The fourth-order valence-corrected chi connectivity index (χ4v) is 2.17. The summed E-state index contributed by atoms with van der Waals surface area (Å²) in [6.07, 6.45) is 3.49. The summed E-state index contributed by atoms with van der Waals surface area (Å²) in [6.45, 7) is 2.32.